The molecule has 1 unspecified atom stereocenters. The van der Waals surface area contributed by atoms with Crippen molar-refractivity contribution < 1.29 is 5.11 Å². The van der Waals surface area contributed by atoms with Gasteiger partial charge in [-0.25, -0.2) is 0 Å². The van der Waals surface area contributed by atoms with Gasteiger partial charge in [-0.15, -0.1) is 0 Å². The van der Waals surface area contributed by atoms with Gasteiger partial charge in [0.1, 0.15) is 0 Å². The molecule has 0 fully saturated rings. The van der Waals surface area contributed by atoms with Gasteiger partial charge >= 0.3 is 0 Å². The summed E-state index contributed by atoms with van der Waals surface area (Å²) in [4.78, 5) is 0. The smallest absolute Gasteiger partial charge is 0.0552 e. The Bertz CT molecular complexity index is 284. The minimum absolute atomic E-state index is 0.263. The fourth-order valence-corrected chi connectivity index (χ4v) is 1.78. The molecule has 0 aliphatic carbocycles. The first-order valence-electron chi connectivity index (χ1n) is 5.69. The fourth-order valence-electron chi connectivity index (χ4n) is 1.78. The molecule has 0 aliphatic heterocycles. The maximum Gasteiger partial charge on any atom is 0.0552 e. The Labute approximate surface area is 92.1 Å². The minimum atomic E-state index is -0.263. The lowest BCUT2D eigenvalue weighted by Crippen LogP contribution is -2.07. The molecule has 2 nitrogen and oxygen atoms in total. The van der Waals surface area contributed by atoms with Crippen LogP contribution in [0.25, 0.3) is 0 Å². The lowest BCUT2D eigenvalue weighted by molar-refractivity contribution is 0.195. The Morgan fingerprint density at radius 2 is 1.87 bits per heavy atom. The van der Waals surface area contributed by atoms with Crippen LogP contribution in [-0.4, -0.2) is 17.8 Å². The predicted molar refractivity (Wildman–Crippen MR) is 63.8 cm³/mol. The normalized spacial score (nSPS) is 12.7. The molecule has 0 amide bonds. The van der Waals surface area contributed by atoms with E-state index in [2.05, 4.69) is 18.2 Å². The van der Waals surface area contributed by atoms with Crippen molar-refractivity contribution in [2.24, 2.45) is 5.73 Å². The highest BCUT2D eigenvalue weighted by Crippen LogP contribution is 2.13. The molecule has 0 aliphatic rings. The van der Waals surface area contributed by atoms with Crippen molar-refractivity contribution in [3.63, 3.8) is 0 Å². The Hall–Kier alpha value is -0.860. The van der Waals surface area contributed by atoms with Crippen LogP contribution < -0.4 is 5.73 Å². The molecule has 1 rings (SSSR count). The third kappa shape index (κ3) is 4.45. The molecule has 0 heterocycles. The van der Waals surface area contributed by atoms with Gasteiger partial charge in [0.25, 0.3) is 0 Å². The van der Waals surface area contributed by atoms with Gasteiger partial charge in [0.05, 0.1) is 6.10 Å². The Morgan fingerprint density at radius 1 is 1.20 bits per heavy atom. The van der Waals surface area contributed by atoms with Gasteiger partial charge in [-0.2, -0.15) is 0 Å². The topological polar surface area (TPSA) is 46.2 Å². The molecule has 0 bridgehead atoms. The number of aryl methyl sites for hydroxylation is 1. The summed E-state index contributed by atoms with van der Waals surface area (Å²) in [6, 6.07) is 8.34. The summed E-state index contributed by atoms with van der Waals surface area (Å²) < 4.78 is 0. The molecular formula is C13H21NO. The van der Waals surface area contributed by atoms with Gasteiger partial charge in [-0.1, -0.05) is 24.3 Å². The lowest BCUT2D eigenvalue weighted by Gasteiger charge is -2.10. The van der Waals surface area contributed by atoms with Crippen molar-refractivity contribution in [2.45, 2.75) is 38.7 Å². The van der Waals surface area contributed by atoms with Gasteiger partial charge in [-0.3, -0.25) is 0 Å². The zero-order chi connectivity index (χ0) is 11.1. The third-order valence-electron chi connectivity index (χ3n) is 2.53. The number of aliphatic hydroxyl groups is 1. The standard InChI is InChI=1S/C13H21NO/c1-11(15)10-13-8-3-2-6-12(13)7-4-5-9-14/h2-3,6,8,11,15H,4-5,7,9-10,14H2,1H3. The van der Waals surface area contributed by atoms with Crippen LogP contribution in [0.15, 0.2) is 24.3 Å². The van der Waals surface area contributed by atoms with Crippen LogP contribution in [0.2, 0.25) is 0 Å². The Kier molecular flexibility index (Phi) is 5.37. The van der Waals surface area contributed by atoms with Crippen LogP contribution >= 0.6 is 0 Å². The van der Waals surface area contributed by atoms with E-state index in [1.54, 1.807) is 0 Å². The van der Waals surface area contributed by atoms with Gasteiger partial charge in [0.2, 0.25) is 0 Å². The number of hydrogen-bond donors (Lipinski definition) is 2. The first-order valence-corrected chi connectivity index (χ1v) is 5.69. The van der Waals surface area contributed by atoms with E-state index >= 15 is 0 Å². The molecule has 3 N–H and O–H groups in total. The van der Waals surface area contributed by atoms with Crippen LogP contribution in [-0.2, 0) is 12.8 Å². The fraction of sp³-hybridized carbons (Fsp3) is 0.538. The summed E-state index contributed by atoms with van der Waals surface area (Å²) in [6.07, 6.45) is 3.76. The first-order chi connectivity index (χ1) is 7.24. The summed E-state index contributed by atoms with van der Waals surface area (Å²) in [5.74, 6) is 0. The van der Waals surface area contributed by atoms with Gasteiger partial charge in [0.15, 0.2) is 0 Å². The van der Waals surface area contributed by atoms with Crippen LogP contribution in [0.4, 0.5) is 0 Å². The average Bonchev–Trinajstić information content (AvgIpc) is 2.20. The summed E-state index contributed by atoms with van der Waals surface area (Å²) in [5.41, 5.74) is 8.09. The quantitative estimate of drug-likeness (QED) is 0.700. The number of benzene rings is 1. The number of rotatable bonds is 6. The number of nitrogens with two attached hydrogens (primary N) is 1. The molecule has 0 aromatic heterocycles. The Morgan fingerprint density at radius 3 is 2.47 bits per heavy atom. The summed E-state index contributed by atoms with van der Waals surface area (Å²) >= 11 is 0. The van der Waals surface area contributed by atoms with Crippen LogP contribution in [0.3, 0.4) is 0 Å². The van der Waals surface area contributed by atoms with E-state index in [1.165, 1.54) is 11.1 Å². The monoisotopic (exact) mass is 207 g/mol. The molecular weight excluding hydrogens is 186 g/mol. The highest BCUT2D eigenvalue weighted by Gasteiger charge is 2.04. The van der Waals surface area contributed by atoms with Crippen molar-refractivity contribution in [1.29, 1.82) is 0 Å². The molecule has 0 saturated heterocycles. The van der Waals surface area contributed by atoms with Crippen molar-refractivity contribution in [3.05, 3.63) is 35.4 Å². The molecule has 0 radical (unpaired) electrons. The first kappa shape index (κ1) is 12.2. The van der Waals surface area contributed by atoms with Crippen LogP contribution in [0.5, 0.6) is 0 Å². The largest absolute Gasteiger partial charge is 0.393 e. The third-order valence-corrected chi connectivity index (χ3v) is 2.53. The van der Waals surface area contributed by atoms with Gasteiger partial charge in [0, 0.05) is 0 Å². The predicted octanol–water partition coefficient (Wildman–Crippen LogP) is 1.89. The second kappa shape index (κ2) is 6.59. The second-order valence-electron chi connectivity index (χ2n) is 4.07. The van der Waals surface area contributed by atoms with Crippen molar-refractivity contribution in [3.8, 4) is 0 Å². The summed E-state index contributed by atoms with van der Waals surface area (Å²) in [6.45, 7) is 2.59. The van der Waals surface area contributed by atoms with E-state index in [0.717, 1.165) is 32.2 Å². The Balaban J connectivity index is 2.60. The molecule has 0 spiro atoms. The maximum absolute atomic E-state index is 9.38. The van der Waals surface area contributed by atoms with Crippen molar-refractivity contribution in [1.82, 2.24) is 0 Å². The van der Waals surface area contributed by atoms with E-state index in [0.29, 0.717) is 0 Å². The molecule has 1 aromatic carbocycles. The zero-order valence-electron chi connectivity index (χ0n) is 9.45. The molecule has 0 saturated carbocycles. The number of aliphatic hydroxyl groups excluding tert-OH is 1. The van der Waals surface area contributed by atoms with Crippen molar-refractivity contribution >= 4 is 0 Å². The highest BCUT2D eigenvalue weighted by molar-refractivity contribution is 5.27. The molecule has 84 valence electrons. The average molecular weight is 207 g/mol. The molecule has 1 atom stereocenters. The van der Waals surface area contributed by atoms with Crippen LogP contribution in [0.1, 0.15) is 30.9 Å². The van der Waals surface area contributed by atoms with Crippen LogP contribution in [0, 0.1) is 0 Å². The minimum Gasteiger partial charge on any atom is -0.393 e. The van der Waals surface area contributed by atoms with E-state index in [4.69, 9.17) is 5.73 Å². The van der Waals surface area contributed by atoms with Gasteiger partial charge in [-0.05, 0) is 50.3 Å². The maximum atomic E-state index is 9.38. The zero-order valence-corrected chi connectivity index (χ0v) is 9.45. The molecule has 2 heteroatoms. The summed E-state index contributed by atoms with van der Waals surface area (Å²) in [7, 11) is 0. The highest BCUT2D eigenvalue weighted by atomic mass is 16.3. The SMILES string of the molecule is CC(O)Cc1ccccc1CCCCN. The van der Waals surface area contributed by atoms with E-state index in [1.807, 2.05) is 13.0 Å². The summed E-state index contributed by atoms with van der Waals surface area (Å²) in [5, 5.41) is 9.38. The van der Waals surface area contributed by atoms with E-state index in [9.17, 15) is 5.11 Å². The lowest BCUT2D eigenvalue weighted by atomic mass is 9.98. The molecule has 15 heavy (non-hydrogen) atoms. The second-order valence-corrected chi connectivity index (χ2v) is 4.07. The number of unbranched alkanes of at least 4 members (excludes halogenated alkanes) is 1. The van der Waals surface area contributed by atoms with Gasteiger partial charge < -0.3 is 10.8 Å². The molecule has 1 aromatic rings. The van der Waals surface area contributed by atoms with E-state index in [-0.39, 0.29) is 6.10 Å². The number of hydrogen-bond acceptors (Lipinski definition) is 2. The van der Waals surface area contributed by atoms with Crippen molar-refractivity contribution in [2.75, 3.05) is 6.54 Å². The van der Waals surface area contributed by atoms with E-state index < -0.39 is 0 Å².